The van der Waals surface area contributed by atoms with Crippen LogP contribution in [0, 0.1) is 0 Å². The molecule has 0 saturated heterocycles. The molecule has 0 bridgehead atoms. The molecular formula is C14H23F9GeHfN3. The Morgan fingerprint density at radius 3 is 0.857 bits per heavy atom. The Morgan fingerprint density at radius 2 is 0.821 bits per heavy atom. The zero-order valence-corrected chi connectivity index (χ0v) is 21.1. The molecule has 1 aromatic carbocycles. The Bertz CT molecular complexity index is 328. The summed E-state index contributed by atoms with van der Waals surface area (Å²) in [5.41, 5.74) is 18.6. The average molecular weight is 655 g/mol. The maximum Gasteiger partial charge on any atom is 4.00 e. The van der Waals surface area contributed by atoms with Gasteiger partial charge in [0.05, 0.1) is 0 Å². The zero-order valence-electron chi connectivity index (χ0n) is 15.4. The summed E-state index contributed by atoms with van der Waals surface area (Å²) < 4.78 is 102. The van der Waals surface area contributed by atoms with Crippen LogP contribution in [0.3, 0.4) is 0 Å². The van der Waals surface area contributed by atoms with Gasteiger partial charge in [-0.15, -0.1) is 0 Å². The summed E-state index contributed by atoms with van der Waals surface area (Å²) in [5, 5.41) is -18.6. The Hall–Kier alpha value is 0.0130. The first-order valence-corrected chi connectivity index (χ1v) is 10.4. The fourth-order valence-electron chi connectivity index (χ4n) is 0.803. The maximum atomic E-state index is 11.3. The third-order valence-corrected chi connectivity index (χ3v) is 4.97. The third-order valence-electron chi connectivity index (χ3n) is 1.41. The molecule has 0 spiro atoms. The van der Waals surface area contributed by atoms with Gasteiger partial charge < -0.3 is 17.2 Å². The molecule has 0 aliphatic rings. The molecule has 0 aromatic heterocycles. The van der Waals surface area contributed by atoms with Gasteiger partial charge in [-0.1, -0.05) is 20.8 Å². The quantitative estimate of drug-likeness (QED) is 0.159. The fourth-order valence-corrected chi connectivity index (χ4v) is 2.83. The Labute approximate surface area is 182 Å². The first kappa shape index (κ1) is 38.6. The predicted octanol–water partition coefficient (Wildman–Crippen LogP) is 7.36. The van der Waals surface area contributed by atoms with Crippen LogP contribution in [0.1, 0.15) is 20.8 Å². The minimum absolute atomic E-state index is 0. The van der Waals surface area contributed by atoms with Crippen molar-refractivity contribution < 1.29 is 65.4 Å². The van der Waals surface area contributed by atoms with E-state index in [1.165, 1.54) is 0 Å². The molecule has 0 unspecified atom stereocenters. The van der Waals surface area contributed by atoms with E-state index in [0.29, 0.717) is 19.6 Å². The van der Waals surface area contributed by atoms with Crippen LogP contribution in [0.5, 0.6) is 0 Å². The number of halogens is 9. The largest absolute Gasteiger partial charge is 4.00 e. The first-order chi connectivity index (χ1) is 12.1. The number of hydrogen-bond donors (Lipinski definition) is 0. The first-order valence-electron chi connectivity index (χ1n) is 7.30. The smallest absolute Gasteiger partial charge is 0.214 e. The predicted molar refractivity (Wildman–Crippen MR) is 90.5 cm³/mol. The molecule has 1 aromatic rings. The van der Waals surface area contributed by atoms with Crippen LogP contribution >= 0.6 is 0 Å². The van der Waals surface area contributed by atoms with Crippen LogP contribution in [0.4, 0.5) is 39.5 Å². The maximum absolute atomic E-state index is 11.3. The summed E-state index contributed by atoms with van der Waals surface area (Å²) in [5.74, 6) is 0. The van der Waals surface area contributed by atoms with Crippen molar-refractivity contribution >= 4 is 14.3 Å². The fraction of sp³-hybridized carbons (Fsp3) is 0.643. The van der Waals surface area contributed by atoms with Crippen molar-refractivity contribution in [2.75, 3.05) is 19.6 Å². The summed E-state index contributed by atoms with van der Waals surface area (Å²) >= 11 is -7.10. The standard InChI is InChI=1S/C5H5.C3F9Ge.3C2H6N.Hf/c1-2-4-5-3-1;4-1(5,6)13(2(7,8)9)3(10,11)12;3*1-2-3;/h1-5H;;3*3H,2H2,1H3;/q-1;;3*-1;+4. The van der Waals surface area contributed by atoms with E-state index in [-0.39, 0.29) is 25.8 Å². The van der Waals surface area contributed by atoms with Gasteiger partial charge in [-0.05, 0) is 0 Å². The van der Waals surface area contributed by atoms with Gasteiger partial charge in [-0.3, -0.25) is 0 Å². The van der Waals surface area contributed by atoms with Gasteiger partial charge in [-0.2, -0.15) is 37.8 Å². The molecule has 0 heterocycles. The summed E-state index contributed by atoms with van der Waals surface area (Å²) in [4.78, 5) is 0. The van der Waals surface area contributed by atoms with Crippen LogP contribution in [-0.4, -0.2) is 49.0 Å². The van der Waals surface area contributed by atoms with Crippen LogP contribution in [0.15, 0.2) is 30.3 Å². The van der Waals surface area contributed by atoms with E-state index in [2.05, 4.69) is 0 Å². The van der Waals surface area contributed by atoms with Gasteiger partial charge in [0.15, 0.2) is 0 Å². The van der Waals surface area contributed by atoms with Crippen molar-refractivity contribution in [2.45, 2.75) is 35.8 Å². The van der Waals surface area contributed by atoms with Crippen LogP contribution in [-0.2, 0) is 25.8 Å². The van der Waals surface area contributed by atoms with Crippen molar-refractivity contribution in [1.29, 1.82) is 0 Å². The summed E-state index contributed by atoms with van der Waals surface area (Å²) in [6.07, 6.45) is 0. The summed E-state index contributed by atoms with van der Waals surface area (Å²) in [6, 6.07) is 10.0. The van der Waals surface area contributed by atoms with Gasteiger partial charge in [-0.25, -0.2) is 12.1 Å². The van der Waals surface area contributed by atoms with Gasteiger partial charge >= 0.3 is 94.7 Å². The molecule has 0 amide bonds. The molecule has 3 N–H and O–H groups in total. The second-order valence-electron chi connectivity index (χ2n) is 3.89. The van der Waals surface area contributed by atoms with Crippen LogP contribution in [0.25, 0.3) is 17.2 Å². The molecule has 0 atom stereocenters. The van der Waals surface area contributed by atoms with Crippen molar-refractivity contribution in [3.63, 3.8) is 0 Å². The van der Waals surface area contributed by atoms with E-state index in [1.807, 2.05) is 30.3 Å². The average Bonchev–Trinajstić information content (AvgIpc) is 2.94. The van der Waals surface area contributed by atoms with E-state index in [0.717, 1.165) is 0 Å². The third kappa shape index (κ3) is 30.7. The SMILES string of the molecule is CC[NH-].CC[NH-].CC[NH-].F[C](F)(F)[Ge]([C](F)(F)F)[C](F)(F)F.[Hf+4].c1cc[cH-]c1. The molecule has 1 rings (SSSR count). The molecular weight excluding hydrogens is 632 g/mol. The summed E-state index contributed by atoms with van der Waals surface area (Å²) in [6.45, 7) is 6.88. The zero-order chi connectivity index (χ0) is 22.7. The van der Waals surface area contributed by atoms with Crippen molar-refractivity contribution in [3.8, 4) is 0 Å². The molecule has 0 aliphatic carbocycles. The van der Waals surface area contributed by atoms with E-state index < -0.39 is 29.4 Å². The summed E-state index contributed by atoms with van der Waals surface area (Å²) in [7, 11) is 0. The molecule has 0 saturated carbocycles. The van der Waals surface area contributed by atoms with Crippen molar-refractivity contribution in [2.24, 2.45) is 0 Å². The monoisotopic (exact) mass is 658 g/mol. The number of alkyl halides is 9. The Morgan fingerprint density at radius 1 is 0.643 bits per heavy atom. The van der Waals surface area contributed by atoms with E-state index in [1.54, 1.807) is 20.8 Å². The topological polar surface area (TPSA) is 71.4 Å². The molecule has 0 aliphatic heterocycles. The van der Waals surface area contributed by atoms with E-state index in [4.69, 9.17) is 17.2 Å². The molecule has 165 valence electrons. The van der Waals surface area contributed by atoms with Gasteiger partial charge in [0, 0.05) is 0 Å². The number of nitrogens with one attached hydrogen (secondary N) is 3. The van der Waals surface area contributed by atoms with Crippen LogP contribution in [0.2, 0.25) is 0 Å². The molecule has 3 nitrogen and oxygen atoms in total. The normalized spacial score (nSPS) is 10.4. The molecule has 14 heteroatoms. The number of hydrogen-bond acceptors (Lipinski definition) is 0. The minimum atomic E-state index is -7.10. The second kappa shape index (κ2) is 21.7. The van der Waals surface area contributed by atoms with Gasteiger partial charge in [0.1, 0.15) is 0 Å². The van der Waals surface area contributed by atoms with Gasteiger partial charge in [0.25, 0.3) is 0 Å². The number of rotatable bonds is 0. The molecule has 1 radical (unpaired) electrons. The van der Waals surface area contributed by atoms with Crippen LogP contribution < -0.4 is 0 Å². The Kier molecular flexibility index (Phi) is 29.9. The van der Waals surface area contributed by atoms with E-state index >= 15 is 0 Å². The molecule has 28 heavy (non-hydrogen) atoms. The van der Waals surface area contributed by atoms with Crippen molar-refractivity contribution in [1.82, 2.24) is 0 Å². The van der Waals surface area contributed by atoms with Gasteiger partial charge in [0.2, 0.25) is 0 Å². The minimum Gasteiger partial charge on any atom is -0.214 e. The Balaban J connectivity index is -0.0000000964. The van der Waals surface area contributed by atoms with Crippen molar-refractivity contribution in [3.05, 3.63) is 47.5 Å². The second-order valence-corrected chi connectivity index (χ2v) is 9.03. The molecule has 0 fully saturated rings. The van der Waals surface area contributed by atoms with E-state index in [9.17, 15) is 39.5 Å².